The number of nitrogens with one attached hydrogen (secondary N) is 1. The Labute approximate surface area is 176 Å². The second kappa shape index (κ2) is 7.63. The van der Waals surface area contributed by atoms with Gasteiger partial charge in [0.05, 0.1) is 11.5 Å². The van der Waals surface area contributed by atoms with Gasteiger partial charge in [0.15, 0.2) is 5.78 Å². The number of ketones is 1. The molecule has 0 radical (unpaired) electrons. The van der Waals surface area contributed by atoms with Gasteiger partial charge in [0.1, 0.15) is 18.1 Å². The fourth-order valence-electron chi connectivity index (χ4n) is 4.40. The van der Waals surface area contributed by atoms with Gasteiger partial charge in [-0.05, 0) is 43.4 Å². The lowest BCUT2D eigenvalue weighted by atomic mass is 9.69. The molecule has 1 N–H and O–H groups in total. The minimum atomic E-state index is -0.554. The number of aryl methyl sites for hydroxylation is 1. The summed E-state index contributed by atoms with van der Waals surface area (Å²) >= 11 is 0. The van der Waals surface area contributed by atoms with Gasteiger partial charge in [-0.25, -0.2) is 4.79 Å². The van der Waals surface area contributed by atoms with Crippen molar-refractivity contribution in [3.63, 3.8) is 0 Å². The molecule has 5 heteroatoms. The van der Waals surface area contributed by atoms with Gasteiger partial charge in [-0.1, -0.05) is 44.2 Å². The van der Waals surface area contributed by atoms with Crippen LogP contribution in [-0.4, -0.2) is 11.8 Å². The summed E-state index contributed by atoms with van der Waals surface area (Å²) in [5, 5.41) is 3.34. The highest BCUT2D eigenvalue weighted by molar-refractivity contribution is 6.04. The highest BCUT2D eigenvalue weighted by Crippen LogP contribution is 2.47. The summed E-state index contributed by atoms with van der Waals surface area (Å²) in [5.74, 6) is 0.395. The molecule has 5 nitrogen and oxygen atoms in total. The first-order valence-electron chi connectivity index (χ1n) is 10.3. The fraction of sp³-hybridized carbons (Fsp3) is 0.360. The van der Waals surface area contributed by atoms with E-state index >= 15 is 0 Å². The molecule has 1 atom stereocenters. The third-order valence-corrected chi connectivity index (χ3v) is 5.72. The quantitative estimate of drug-likeness (QED) is 0.730. The number of dihydropyridines is 1. The minimum Gasteiger partial charge on any atom is -0.465 e. The van der Waals surface area contributed by atoms with Crippen molar-refractivity contribution in [1.82, 2.24) is 5.32 Å². The molecule has 0 saturated heterocycles. The molecule has 156 valence electrons. The molecule has 0 spiro atoms. The van der Waals surface area contributed by atoms with Crippen molar-refractivity contribution in [2.24, 2.45) is 5.41 Å². The number of esters is 1. The van der Waals surface area contributed by atoms with Crippen LogP contribution in [0, 0.1) is 12.3 Å². The predicted molar refractivity (Wildman–Crippen MR) is 113 cm³/mol. The maximum Gasteiger partial charge on any atom is 0.337 e. The molecule has 1 aliphatic carbocycles. The first kappa shape index (κ1) is 20.2. The molecule has 1 aliphatic heterocycles. The molecule has 30 heavy (non-hydrogen) atoms. The summed E-state index contributed by atoms with van der Waals surface area (Å²) in [6.45, 7) is 8.07. The van der Waals surface area contributed by atoms with Crippen LogP contribution in [0.15, 0.2) is 69.4 Å². The van der Waals surface area contributed by atoms with Crippen molar-refractivity contribution in [2.45, 2.75) is 53.1 Å². The largest absolute Gasteiger partial charge is 0.465 e. The van der Waals surface area contributed by atoms with E-state index in [1.54, 1.807) is 0 Å². The van der Waals surface area contributed by atoms with Gasteiger partial charge in [0, 0.05) is 23.4 Å². The van der Waals surface area contributed by atoms with Crippen LogP contribution in [0.3, 0.4) is 0 Å². The van der Waals surface area contributed by atoms with Gasteiger partial charge in [-0.3, -0.25) is 4.79 Å². The van der Waals surface area contributed by atoms with Crippen LogP contribution in [0.2, 0.25) is 0 Å². The molecule has 0 saturated carbocycles. The summed E-state index contributed by atoms with van der Waals surface area (Å²) in [4.78, 5) is 26.4. The molecule has 0 amide bonds. The Kier molecular flexibility index (Phi) is 5.14. The van der Waals surface area contributed by atoms with Crippen molar-refractivity contribution in [3.8, 4) is 0 Å². The number of allylic oxidation sites excluding steroid dienone is 3. The minimum absolute atomic E-state index is 0.0497. The van der Waals surface area contributed by atoms with E-state index in [-0.39, 0.29) is 17.8 Å². The number of hydrogen-bond acceptors (Lipinski definition) is 5. The van der Waals surface area contributed by atoms with Gasteiger partial charge in [0.2, 0.25) is 0 Å². The summed E-state index contributed by atoms with van der Waals surface area (Å²) in [7, 11) is 0. The van der Waals surface area contributed by atoms with Gasteiger partial charge >= 0.3 is 5.97 Å². The van der Waals surface area contributed by atoms with Crippen LogP contribution < -0.4 is 5.32 Å². The maximum atomic E-state index is 13.2. The Bertz CT molecular complexity index is 1060. The van der Waals surface area contributed by atoms with Crippen LogP contribution >= 0.6 is 0 Å². The number of carbonyl (C=O) groups is 2. The van der Waals surface area contributed by atoms with E-state index in [4.69, 9.17) is 9.15 Å². The average molecular weight is 405 g/mol. The summed E-state index contributed by atoms with van der Waals surface area (Å²) < 4.78 is 11.5. The van der Waals surface area contributed by atoms with Crippen LogP contribution in [-0.2, 0) is 20.9 Å². The number of carbonyl (C=O) groups excluding carboxylic acids is 2. The molecular weight excluding hydrogens is 378 g/mol. The average Bonchev–Trinajstić information content (AvgIpc) is 3.11. The molecule has 0 fully saturated rings. The lowest BCUT2D eigenvalue weighted by Crippen LogP contribution is -2.38. The summed E-state index contributed by atoms with van der Waals surface area (Å²) in [6, 6.07) is 13.3. The Morgan fingerprint density at radius 2 is 1.87 bits per heavy atom. The summed E-state index contributed by atoms with van der Waals surface area (Å²) in [5.41, 5.74) is 3.43. The van der Waals surface area contributed by atoms with Crippen LogP contribution in [0.4, 0.5) is 0 Å². The fourth-order valence-corrected chi connectivity index (χ4v) is 4.40. The maximum absolute atomic E-state index is 13.2. The molecule has 2 heterocycles. The van der Waals surface area contributed by atoms with Crippen LogP contribution in [0.1, 0.15) is 56.6 Å². The Hall–Kier alpha value is -3.08. The van der Waals surface area contributed by atoms with Crippen molar-refractivity contribution in [1.29, 1.82) is 0 Å². The zero-order chi connectivity index (χ0) is 21.5. The molecule has 1 aromatic carbocycles. The Morgan fingerprint density at radius 1 is 1.13 bits per heavy atom. The number of benzene rings is 1. The lowest BCUT2D eigenvalue weighted by molar-refractivity contribution is -0.140. The highest BCUT2D eigenvalue weighted by Gasteiger charge is 2.44. The molecule has 0 bridgehead atoms. The zero-order valence-corrected chi connectivity index (χ0v) is 17.9. The normalized spacial score (nSPS) is 20.7. The number of furan rings is 1. The second-order valence-corrected chi connectivity index (χ2v) is 8.94. The first-order chi connectivity index (χ1) is 14.2. The monoisotopic (exact) mass is 405 g/mol. The number of rotatable bonds is 4. The van der Waals surface area contributed by atoms with Crippen LogP contribution in [0.25, 0.3) is 0 Å². The van der Waals surface area contributed by atoms with E-state index in [1.165, 1.54) is 0 Å². The summed E-state index contributed by atoms with van der Waals surface area (Å²) in [6.07, 6.45) is 1.18. The van der Waals surface area contributed by atoms with Gasteiger partial charge < -0.3 is 14.5 Å². The molecule has 4 rings (SSSR count). The van der Waals surface area contributed by atoms with Gasteiger partial charge in [-0.15, -0.1) is 0 Å². The van der Waals surface area contributed by atoms with E-state index in [0.29, 0.717) is 29.0 Å². The Morgan fingerprint density at radius 3 is 2.53 bits per heavy atom. The number of Topliss-reactive ketones (excluding diaryl/α,β-unsaturated/α-hetero) is 1. The van der Waals surface area contributed by atoms with Gasteiger partial charge in [0.25, 0.3) is 0 Å². The zero-order valence-electron chi connectivity index (χ0n) is 17.9. The smallest absolute Gasteiger partial charge is 0.337 e. The van der Waals surface area contributed by atoms with E-state index in [0.717, 1.165) is 23.4 Å². The molecule has 0 unspecified atom stereocenters. The Balaban J connectivity index is 1.71. The second-order valence-electron chi connectivity index (χ2n) is 8.94. The molecule has 2 aromatic rings. The van der Waals surface area contributed by atoms with Gasteiger partial charge in [-0.2, -0.15) is 0 Å². The molecule has 2 aliphatic rings. The van der Waals surface area contributed by atoms with Crippen LogP contribution in [0.5, 0.6) is 0 Å². The van der Waals surface area contributed by atoms with E-state index in [1.807, 2.05) is 56.3 Å². The van der Waals surface area contributed by atoms with Crippen molar-refractivity contribution in [3.05, 3.63) is 82.1 Å². The SMILES string of the molecule is CC1=C(C(=O)OCc2ccccc2)[C@@H](c2ccc(C)o2)C2=C(CC(C)(C)CC2=O)N1. The molecule has 1 aromatic heterocycles. The van der Waals surface area contributed by atoms with Crippen molar-refractivity contribution >= 4 is 11.8 Å². The molecular formula is C25H27NO4. The lowest BCUT2D eigenvalue weighted by Gasteiger charge is -2.38. The number of ether oxygens (including phenoxy) is 1. The van der Waals surface area contributed by atoms with E-state index < -0.39 is 11.9 Å². The third kappa shape index (κ3) is 3.84. The topological polar surface area (TPSA) is 68.5 Å². The predicted octanol–water partition coefficient (Wildman–Crippen LogP) is 4.94. The van der Waals surface area contributed by atoms with E-state index in [2.05, 4.69) is 19.2 Å². The van der Waals surface area contributed by atoms with Crippen molar-refractivity contribution < 1.29 is 18.7 Å². The third-order valence-electron chi connectivity index (χ3n) is 5.72. The first-order valence-corrected chi connectivity index (χ1v) is 10.3. The van der Waals surface area contributed by atoms with Crippen molar-refractivity contribution in [2.75, 3.05) is 0 Å². The number of hydrogen-bond donors (Lipinski definition) is 1. The highest BCUT2D eigenvalue weighted by atomic mass is 16.5. The standard InChI is InChI=1S/C25H27NO4/c1-15-10-11-20(30-15)23-21(24(28)29-14-17-8-6-5-7-9-17)16(2)26-18-12-25(3,4)13-19(27)22(18)23/h5-11,23,26H,12-14H2,1-4H3/t23-/m1/s1. The van der Waals surface area contributed by atoms with E-state index in [9.17, 15) is 9.59 Å².